The minimum atomic E-state index is 1.17. The molecule has 0 saturated heterocycles. The van der Waals surface area contributed by atoms with Crippen LogP contribution in [-0.2, 0) is 7.05 Å². The van der Waals surface area contributed by atoms with Crippen LogP contribution < -0.4 is 0 Å². The second-order valence-electron chi connectivity index (χ2n) is 4.72. The largest absolute Gasteiger partial charge is 0.343 e. The normalized spacial score (nSPS) is 11.5. The van der Waals surface area contributed by atoms with E-state index in [2.05, 4.69) is 71.7 Å². The Balaban J connectivity index is 2.64. The van der Waals surface area contributed by atoms with Crippen LogP contribution in [0.25, 0.3) is 21.8 Å². The zero-order valence-electron chi connectivity index (χ0n) is 10.2. The Morgan fingerprint density at radius 1 is 0.941 bits per heavy atom. The van der Waals surface area contributed by atoms with Gasteiger partial charge in [-0.05, 0) is 59.6 Å². The third-order valence-corrected chi connectivity index (χ3v) is 3.95. The van der Waals surface area contributed by atoms with Crippen molar-refractivity contribution in [2.24, 2.45) is 7.05 Å². The van der Waals surface area contributed by atoms with Gasteiger partial charge in [-0.1, -0.05) is 11.6 Å². The number of aromatic nitrogens is 1. The number of hydrogen-bond donors (Lipinski definition) is 0. The minimum absolute atomic E-state index is 1.17. The van der Waals surface area contributed by atoms with Crippen molar-refractivity contribution in [1.29, 1.82) is 0 Å². The van der Waals surface area contributed by atoms with Crippen LogP contribution in [0.15, 0.2) is 34.8 Å². The van der Waals surface area contributed by atoms with E-state index in [4.69, 9.17) is 0 Å². The number of halogens is 1. The second-order valence-corrected chi connectivity index (χ2v) is 5.58. The van der Waals surface area contributed by atoms with Gasteiger partial charge < -0.3 is 4.57 Å². The third kappa shape index (κ3) is 1.51. The minimum Gasteiger partial charge on any atom is -0.343 e. The van der Waals surface area contributed by atoms with Gasteiger partial charge in [0, 0.05) is 27.8 Å². The molecule has 0 unspecified atom stereocenters. The van der Waals surface area contributed by atoms with Crippen molar-refractivity contribution in [3.63, 3.8) is 0 Å². The van der Waals surface area contributed by atoms with Crippen LogP contribution in [0, 0.1) is 13.8 Å². The molecule has 0 atom stereocenters. The number of hydrogen-bond acceptors (Lipinski definition) is 0. The zero-order chi connectivity index (χ0) is 12.2. The van der Waals surface area contributed by atoms with E-state index in [0.717, 1.165) is 0 Å². The van der Waals surface area contributed by atoms with Crippen LogP contribution in [0.3, 0.4) is 0 Å². The lowest BCUT2D eigenvalue weighted by Crippen LogP contribution is -1.87. The molecule has 86 valence electrons. The van der Waals surface area contributed by atoms with Crippen molar-refractivity contribution in [3.05, 3.63) is 45.9 Å². The van der Waals surface area contributed by atoms with E-state index in [1.54, 1.807) is 0 Å². The average Bonchev–Trinajstić information content (AvgIpc) is 2.52. The molecule has 0 aliphatic rings. The van der Waals surface area contributed by atoms with Crippen molar-refractivity contribution in [2.45, 2.75) is 13.8 Å². The van der Waals surface area contributed by atoms with Gasteiger partial charge in [0.05, 0.1) is 5.52 Å². The first-order valence-corrected chi connectivity index (χ1v) is 6.52. The van der Waals surface area contributed by atoms with Gasteiger partial charge in [-0.15, -0.1) is 0 Å². The molecule has 0 radical (unpaired) electrons. The molecule has 1 heterocycles. The molecule has 0 aliphatic heterocycles. The molecule has 2 heteroatoms. The first-order chi connectivity index (χ1) is 8.08. The van der Waals surface area contributed by atoms with Crippen LogP contribution in [0.4, 0.5) is 0 Å². The molecule has 0 bridgehead atoms. The number of rotatable bonds is 0. The van der Waals surface area contributed by atoms with Crippen LogP contribution in [0.5, 0.6) is 0 Å². The van der Waals surface area contributed by atoms with E-state index in [0.29, 0.717) is 0 Å². The summed E-state index contributed by atoms with van der Waals surface area (Å²) >= 11 is 3.67. The first-order valence-electron chi connectivity index (χ1n) is 5.73. The van der Waals surface area contributed by atoms with Crippen LogP contribution in [0.1, 0.15) is 11.1 Å². The molecule has 1 aromatic heterocycles. The van der Waals surface area contributed by atoms with Gasteiger partial charge in [-0.2, -0.15) is 0 Å². The van der Waals surface area contributed by atoms with Gasteiger partial charge in [-0.3, -0.25) is 0 Å². The molecule has 0 spiro atoms. The van der Waals surface area contributed by atoms with E-state index in [1.807, 2.05) is 0 Å². The van der Waals surface area contributed by atoms with Crippen LogP contribution in [-0.4, -0.2) is 4.57 Å². The maximum Gasteiger partial charge on any atom is 0.0633 e. The van der Waals surface area contributed by atoms with Crippen LogP contribution >= 0.6 is 15.9 Å². The van der Waals surface area contributed by atoms with E-state index in [-0.39, 0.29) is 0 Å². The molecule has 3 aromatic rings. The lowest BCUT2D eigenvalue weighted by molar-refractivity contribution is 1.01. The van der Waals surface area contributed by atoms with Crippen LogP contribution in [0.2, 0.25) is 0 Å². The molecule has 17 heavy (non-hydrogen) atoms. The van der Waals surface area contributed by atoms with Gasteiger partial charge in [0.2, 0.25) is 0 Å². The molecular weight excluding hydrogens is 274 g/mol. The van der Waals surface area contributed by atoms with Gasteiger partial charge >= 0.3 is 0 Å². The summed E-state index contributed by atoms with van der Waals surface area (Å²) in [5, 5.41) is 2.67. The standard InChI is InChI=1S/C15H14BrN/c1-9-4-5-14-11(6-9)12-7-10(2)8-13(16)15(12)17(14)3/h4-8H,1-3H3. The Bertz CT molecular complexity index is 738. The number of benzene rings is 2. The summed E-state index contributed by atoms with van der Waals surface area (Å²) in [6.45, 7) is 4.28. The molecule has 1 nitrogen and oxygen atoms in total. The van der Waals surface area contributed by atoms with Crippen molar-refractivity contribution in [1.82, 2.24) is 4.57 Å². The summed E-state index contributed by atoms with van der Waals surface area (Å²) in [6, 6.07) is 11.1. The van der Waals surface area contributed by atoms with Gasteiger partial charge in [-0.25, -0.2) is 0 Å². The second kappa shape index (κ2) is 3.61. The molecule has 0 saturated carbocycles. The van der Waals surface area contributed by atoms with Crippen molar-refractivity contribution < 1.29 is 0 Å². The third-order valence-electron chi connectivity index (χ3n) is 3.35. The fraction of sp³-hybridized carbons (Fsp3) is 0.200. The zero-order valence-corrected chi connectivity index (χ0v) is 11.8. The van der Waals surface area contributed by atoms with E-state index < -0.39 is 0 Å². The summed E-state index contributed by atoms with van der Waals surface area (Å²) in [5.74, 6) is 0. The molecule has 3 rings (SSSR count). The summed E-state index contributed by atoms with van der Waals surface area (Å²) in [6.07, 6.45) is 0. The average molecular weight is 288 g/mol. The lowest BCUT2D eigenvalue weighted by atomic mass is 10.1. The Morgan fingerprint density at radius 3 is 2.41 bits per heavy atom. The topological polar surface area (TPSA) is 4.93 Å². The van der Waals surface area contributed by atoms with E-state index in [9.17, 15) is 0 Å². The lowest BCUT2D eigenvalue weighted by Gasteiger charge is -2.01. The highest BCUT2D eigenvalue weighted by atomic mass is 79.9. The molecule has 0 fully saturated rings. The SMILES string of the molecule is Cc1ccc2c(c1)c1cc(C)cc(Br)c1n2C. The van der Waals surface area contributed by atoms with Crippen molar-refractivity contribution in [2.75, 3.05) is 0 Å². The number of fused-ring (bicyclic) bond motifs is 3. The predicted molar refractivity (Wildman–Crippen MR) is 77.6 cm³/mol. The van der Waals surface area contributed by atoms with E-state index in [1.165, 1.54) is 37.4 Å². The van der Waals surface area contributed by atoms with Crippen molar-refractivity contribution in [3.8, 4) is 0 Å². The predicted octanol–water partition coefficient (Wildman–Crippen LogP) is 4.71. The highest BCUT2D eigenvalue weighted by molar-refractivity contribution is 9.10. The fourth-order valence-electron chi connectivity index (χ4n) is 2.56. The highest BCUT2D eigenvalue weighted by Crippen LogP contribution is 2.34. The summed E-state index contributed by atoms with van der Waals surface area (Å²) < 4.78 is 3.43. The summed E-state index contributed by atoms with van der Waals surface area (Å²) in [5.41, 5.74) is 5.16. The first kappa shape index (κ1) is 10.8. The van der Waals surface area contributed by atoms with Crippen molar-refractivity contribution >= 4 is 37.7 Å². The Kier molecular flexibility index (Phi) is 2.30. The molecule has 0 amide bonds. The maximum absolute atomic E-state index is 3.67. The summed E-state index contributed by atoms with van der Waals surface area (Å²) in [7, 11) is 2.13. The molecule has 0 N–H and O–H groups in total. The smallest absolute Gasteiger partial charge is 0.0633 e. The monoisotopic (exact) mass is 287 g/mol. The Morgan fingerprint density at radius 2 is 1.65 bits per heavy atom. The number of nitrogens with zero attached hydrogens (tertiary/aromatic N) is 1. The fourth-order valence-corrected chi connectivity index (χ4v) is 3.40. The van der Waals surface area contributed by atoms with E-state index >= 15 is 0 Å². The Hall–Kier alpha value is -1.28. The number of aryl methyl sites for hydroxylation is 3. The maximum atomic E-state index is 3.67. The summed E-state index contributed by atoms with van der Waals surface area (Å²) in [4.78, 5) is 0. The quantitative estimate of drug-likeness (QED) is 0.564. The van der Waals surface area contributed by atoms with Gasteiger partial charge in [0.15, 0.2) is 0 Å². The van der Waals surface area contributed by atoms with Gasteiger partial charge in [0.1, 0.15) is 0 Å². The molecule has 0 aliphatic carbocycles. The molecule has 2 aromatic carbocycles. The highest BCUT2D eigenvalue weighted by Gasteiger charge is 2.11. The Labute approximate surface area is 109 Å². The van der Waals surface area contributed by atoms with Gasteiger partial charge in [0.25, 0.3) is 0 Å². The molecular formula is C15H14BrN.